The van der Waals surface area contributed by atoms with E-state index in [1.807, 2.05) is 24.3 Å². The van der Waals surface area contributed by atoms with E-state index in [-0.39, 0.29) is 34.5 Å². The predicted molar refractivity (Wildman–Crippen MR) is 142 cm³/mol. The number of hydrogen-bond acceptors (Lipinski definition) is 2. The number of aromatic amines is 1. The van der Waals surface area contributed by atoms with Crippen molar-refractivity contribution in [3.63, 3.8) is 0 Å². The summed E-state index contributed by atoms with van der Waals surface area (Å²) >= 11 is 0. The molecule has 0 saturated heterocycles. The summed E-state index contributed by atoms with van der Waals surface area (Å²) in [4.78, 5) is 13.4. The minimum absolute atomic E-state index is 0.118. The van der Waals surface area contributed by atoms with Crippen LogP contribution >= 0.6 is 0 Å². The van der Waals surface area contributed by atoms with Crippen molar-refractivity contribution in [3.05, 3.63) is 77.2 Å². The van der Waals surface area contributed by atoms with E-state index in [1.165, 1.54) is 37.0 Å². The first-order valence-corrected chi connectivity index (χ1v) is 13.3. The summed E-state index contributed by atoms with van der Waals surface area (Å²) in [5, 5.41) is 11.1. The summed E-state index contributed by atoms with van der Waals surface area (Å²) in [6, 6.07) is 17.0. The number of rotatable bonds is 3. The minimum atomic E-state index is -0.267. The summed E-state index contributed by atoms with van der Waals surface area (Å²) in [7, 11) is 0. The van der Waals surface area contributed by atoms with Crippen molar-refractivity contribution < 1.29 is 9.18 Å². The van der Waals surface area contributed by atoms with Crippen molar-refractivity contribution in [2.75, 3.05) is 0 Å². The van der Waals surface area contributed by atoms with Crippen LogP contribution in [0.5, 0.6) is 0 Å². The number of nitrogens with zero attached hydrogens (tertiary/aromatic N) is 1. The van der Waals surface area contributed by atoms with Gasteiger partial charge >= 0.3 is 0 Å². The van der Waals surface area contributed by atoms with Gasteiger partial charge in [-0.15, -0.1) is 0 Å². The van der Waals surface area contributed by atoms with E-state index in [1.54, 1.807) is 6.07 Å². The first-order valence-electron chi connectivity index (χ1n) is 13.3. The number of hydrogen-bond donors (Lipinski definition) is 2. The molecule has 4 nitrogen and oxygen atoms in total. The lowest BCUT2D eigenvalue weighted by Gasteiger charge is -2.43. The number of carbonyl (C=O) groups is 1. The van der Waals surface area contributed by atoms with Gasteiger partial charge in [0.25, 0.3) is 0 Å². The van der Waals surface area contributed by atoms with Gasteiger partial charge in [0.2, 0.25) is 5.91 Å². The smallest absolute Gasteiger partial charge is 0.229 e. The maximum atomic E-state index is 13.7. The zero-order valence-electron chi connectivity index (χ0n) is 21.9. The highest BCUT2D eigenvalue weighted by molar-refractivity contribution is 5.85. The standard InChI is InChI=1S/C24H30FN3O.C7H8/c1-23(2)15-10-11-24(3,13-15)22(23)26-21(29)18-9-5-8-17-19(27-28-20(17)18)14-6-4-7-16(25)12-14;1-7-5-3-2-4-6-7/h4,6-7,12,15,18,22H,5,8-11,13H2,1-3H3,(H,26,29)(H,27,28);2-6H,1H3/t15?,18?,22-,24?;/m1./s1. The molecular formula is C31H38FN3O. The molecule has 1 aromatic heterocycles. The van der Waals surface area contributed by atoms with Gasteiger partial charge in [-0.1, -0.05) is 68.8 Å². The second-order valence-corrected chi connectivity index (χ2v) is 11.9. The van der Waals surface area contributed by atoms with Crippen molar-refractivity contribution in [2.45, 2.75) is 78.2 Å². The van der Waals surface area contributed by atoms with Crippen molar-refractivity contribution in [2.24, 2.45) is 16.7 Å². The number of aromatic nitrogens is 2. The lowest BCUT2D eigenvalue weighted by Crippen LogP contribution is -2.53. The number of carbonyl (C=O) groups excluding carboxylic acids is 1. The second kappa shape index (κ2) is 9.49. The monoisotopic (exact) mass is 487 g/mol. The number of H-pyrrole nitrogens is 1. The summed E-state index contributed by atoms with van der Waals surface area (Å²) in [5.74, 6) is 0.349. The van der Waals surface area contributed by atoms with Crippen LogP contribution < -0.4 is 5.32 Å². The minimum Gasteiger partial charge on any atom is -0.352 e. The summed E-state index contributed by atoms with van der Waals surface area (Å²) in [6.45, 7) is 9.06. The van der Waals surface area contributed by atoms with Gasteiger partial charge < -0.3 is 5.32 Å². The highest BCUT2D eigenvalue weighted by Gasteiger charge is 2.60. The third-order valence-corrected chi connectivity index (χ3v) is 9.08. The van der Waals surface area contributed by atoms with Crippen LogP contribution in [0.4, 0.5) is 4.39 Å². The Morgan fingerprint density at radius 1 is 1.08 bits per heavy atom. The van der Waals surface area contributed by atoms with Crippen LogP contribution in [0.3, 0.4) is 0 Å². The number of aryl methyl sites for hydroxylation is 1. The fraction of sp³-hybridized carbons (Fsp3) is 0.484. The highest BCUT2D eigenvalue weighted by atomic mass is 19.1. The molecule has 2 saturated carbocycles. The zero-order valence-corrected chi connectivity index (χ0v) is 21.9. The molecule has 3 aliphatic carbocycles. The van der Waals surface area contributed by atoms with Crippen molar-refractivity contribution in [3.8, 4) is 11.3 Å². The molecule has 36 heavy (non-hydrogen) atoms. The predicted octanol–water partition coefficient (Wildman–Crippen LogP) is 6.96. The van der Waals surface area contributed by atoms with Crippen LogP contribution in [0.2, 0.25) is 0 Å². The molecule has 4 atom stereocenters. The Balaban J connectivity index is 0.000000330. The van der Waals surface area contributed by atoms with Gasteiger partial charge in [0.1, 0.15) is 5.82 Å². The molecule has 2 bridgehead atoms. The molecule has 5 heteroatoms. The second-order valence-electron chi connectivity index (χ2n) is 11.9. The molecule has 3 aromatic rings. The molecule has 3 aliphatic rings. The van der Waals surface area contributed by atoms with Crippen LogP contribution in [-0.2, 0) is 11.2 Å². The maximum Gasteiger partial charge on any atom is 0.229 e. The number of benzene rings is 2. The lowest BCUT2D eigenvalue weighted by molar-refractivity contribution is -0.125. The third kappa shape index (κ3) is 4.49. The normalized spacial score (nSPS) is 27.6. The topological polar surface area (TPSA) is 57.8 Å². The van der Waals surface area contributed by atoms with Crippen molar-refractivity contribution in [1.82, 2.24) is 15.5 Å². The average Bonchev–Trinajstić information content (AvgIpc) is 3.52. The Morgan fingerprint density at radius 3 is 2.50 bits per heavy atom. The van der Waals surface area contributed by atoms with Gasteiger partial charge in [-0.2, -0.15) is 5.10 Å². The lowest BCUT2D eigenvalue weighted by atomic mass is 9.68. The number of halogens is 1. The number of fused-ring (bicyclic) bond motifs is 3. The van der Waals surface area contributed by atoms with Crippen LogP contribution in [0.1, 0.15) is 75.6 Å². The van der Waals surface area contributed by atoms with E-state index in [4.69, 9.17) is 0 Å². The third-order valence-electron chi connectivity index (χ3n) is 9.08. The van der Waals surface area contributed by atoms with Gasteiger partial charge in [-0.05, 0) is 74.3 Å². The van der Waals surface area contributed by atoms with Gasteiger partial charge in [0, 0.05) is 17.2 Å². The van der Waals surface area contributed by atoms with Crippen molar-refractivity contribution in [1.29, 1.82) is 0 Å². The van der Waals surface area contributed by atoms with Gasteiger partial charge in [0.05, 0.1) is 17.3 Å². The fourth-order valence-electron chi connectivity index (χ4n) is 7.12. The van der Waals surface area contributed by atoms with Gasteiger partial charge in [0.15, 0.2) is 0 Å². The molecule has 0 spiro atoms. The van der Waals surface area contributed by atoms with E-state index in [0.29, 0.717) is 5.92 Å². The molecule has 2 fully saturated rings. The average molecular weight is 488 g/mol. The summed E-state index contributed by atoms with van der Waals surface area (Å²) < 4.78 is 13.7. The highest BCUT2D eigenvalue weighted by Crippen LogP contribution is 2.62. The number of nitrogens with one attached hydrogen (secondary N) is 2. The molecule has 1 heterocycles. The van der Waals surface area contributed by atoms with Gasteiger partial charge in [-0.25, -0.2) is 4.39 Å². The molecule has 3 unspecified atom stereocenters. The van der Waals surface area contributed by atoms with E-state index in [2.05, 4.69) is 55.3 Å². The largest absolute Gasteiger partial charge is 0.352 e. The molecular weight excluding hydrogens is 449 g/mol. The Kier molecular flexibility index (Phi) is 6.52. The first-order chi connectivity index (χ1) is 17.2. The summed E-state index contributed by atoms with van der Waals surface area (Å²) in [5.41, 5.74) is 5.21. The number of amides is 1. The maximum absolute atomic E-state index is 13.7. The zero-order chi connectivity index (χ0) is 25.5. The van der Waals surface area contributed by atoms with E-state index in [9.17, 15) is 9.18 Å². The summed E-state index contributed by atoms with van der Waals surface area (Å²) in [6.07, 6.45) is 6.35. The molecule has 6 rings (SSSR count). The molecule has 0 aliphatic heterocycles. The van der Waals surface area contributed by atoms with Gasteiger partial charge in [-0.3, -0.25) is 9.89 Å². The van der Waals surface area contributed by atoms with Crippen LogP contribution in [0.25, 0.3) is 11.3 Å². The van der Waals surface area contributed by atoms with Crippen LogP contribution in [0, 0.1) is 29.5 Å². The van der Waals surface area contributed by atoms with Crippen LogP contribution in [0.15, 0.2) is 54.6 Å². The quantitative estimate of drug-likeness (QED) is 0.419. The first kappa shape index (κ1) is 24.7. The Bertz CT molecular complexity index is 1230. The fourth-order valence-corrected chi connectivity index (χ4v) is 7.12. The van der Waals surface area contributed by atoms with E-state index >= 15 is 0 Å². The Hall–Kier alpha value is -2.95. The Morgan fingerprint density at radius 2 is 1.86 bits per heavy atom. The van der Waals surface area contributed by atoms with Crippen LogP contribution in [-0.4, -0.2) is 22.1 Å². The molecule has 1 amide bonds. The van der Waals surface area contributed by atoms with Crippen molar-refractivity contribution >= 4 is 5.91 Å². The molecule has 190 valence electrons. The molecule has 2 N–H and O–H groups in total. The molecule has 0 radical (unpaired) electrons. The van der Waals surface area contributed by atoms with E-state index in [0.717, 1.165) is 41.8 Å². The molecule has 2 aromatic carbocycles. The van der Waals surface area contributed by atoms with E-state index < -0.39 is 0 Å². The SMILES string of the molecule is CC12CCC(C1)C(C)(C)[C@H]2NC(=O)C1CCCc2c(-c3cccc(F)c3)n[nH]c21.Cc1ccccc1. The Labute approximate surface area is 214 Å².